The van der Waals surface area contributed by atoms with Gasteiger partial charge in [0.25, 0.3) is 0 Å². The molecule has 2 aromatic rings. The Balaban J connectivity index is 1.48. The Bertz CT molecular complexity index is 945. The quantitative estimate of drug-likeness (QED) is 0.755. The zero-order chi connectivity index (χ0) is 18.7. The van der Waals surface area contributed by atoms with Crippen LogP contribution in [0.1, 0.15) is 12.2 Å². The third-order valence-electron chi connectivity index (χ3n) is 4.06. The second-order valence-corrected chi connectivity index (χ2v) is 8.25. The van der Waals surface area contributed by atoms with Crippen LogP contribution in [-0.4, -0.2) is 44.2 Å². The smallest absolute Gasteiger partial charge is 0.339 e. The third-order valence-corrected chi connectivity index (χ3v) is 5.79. The number of aryl methyl sites for hydroxylation is 1. The molecule has 1 aliphatic heterocycles. The van der Waals surface area contributed by atoms with Gasteiger partial charge in [-0.25, -0.2) is 13.2 Å². The first kappa shape index (κ1) is 18.2. The lowest BCUT2D eigenvalue weighted by molar-refractivity contribution is -0.139. The van der Waals surface area contributed by atoms with E-state index in [4.69, 9.17) is 9.15 Å². The molecule has 0 radical (unpaired) electrons. The largest absolute Gasteiger partial charge is 0.486 e. The Kier molecular flexibility index (Phi) is 5.13. The van der Waals surface area contributed by atoms with Crippen LogP contribution in [0.4, 0.5) is 0 Å². The van der Waals surface area contributed by atoms with Gasteiger partial charge in [0.2, 0.25) is 5.91 Å². The number of carbonyl (C=O) groups excluding carboxylic acids is 1. The summed E-state index contributed by atoms with van der Waals surface area (Å²) in [6, 6.07) is 10.9. The zero-order valence-electron chi connectivity index (χ0n) is 14.3. The lowest BCUT2D eigenvalue weighted by Crippen LogP contribution is -2.56. The molecule has 0 spiro atoms. The first-order chi connectivity index (χ1) is 12.3. The monoisotopic (exact) mass is 377 g/mol. The highest BCUT2D eigenvalue weighted by atomic mass is 32.2. The highest BCUT2D eigenvalue weighted by Gasteiger charge is 2.32. The van der Waals surface area contributed by atoms with Crippen molar-refractivity contribution in [2.45, 2.75) is 24.3 Å². The molecule has 1 aliphatic rings. The molecule has 0 N–H and O–H groups in total. The van der Waals surface area contributed by atoms with Gasteiger partial charge in [0.15, 0.2) is 9.84 Å². The van der Waals surface area contributed by atoms with Crippen LogP contribution in [0.5, 0.6) is 5.75 Å². The fourth-order valence-electron chi connectivity index (χ4n) is 2.68. The van der Waals surface area contributed by atoms with Gasteiger partial charge >= 0.3 is 5.63 Å². The van der Waals surface area contributed by atoms with Crippen LogP contribution >= 0.6 is 0 Å². The fourth-order valence-corrected chi connectivity index (χ4v) is 3.93. The van der Waals surface area contributed by atoms with Gasteiger partial charge in [0.05, 0.1) is 29.8 Å². The number of benzene rings is 1. The standard InChI is InChI=1S/C18H19NO6S/c1-13-9-14(10-18(21)24-13)25-15-11-19(12-15)17(20)7-8-26(22,23)16-5-3-2-4-6-16/h2-6,9-10,15H,7-8,11-12H2,1H3. The molecule has 1 fully saturated rings. The number of nitrogens with zero attached hydrogens (tertiary/aromatic N) is 1. The van der Waals surface area contributed by atoms with E-state index in [0.717, 1.165) is 0 Å². The molecule has 1 aromatic carbocycles. The van der Waals surface area contributed by atoms with Crippen LogP contribution in [0.2, 0.25) is 0 Å². The highest BCUT2D eigenvalue weighted by molar-refractivity contribution is 7.91. The maximum absolute atomic E-state index is 12.2. The van der Waals surface area contributed by atoms with E-state index in [1.807, 2.05) is 0 Å². The minimum atomic E-state index is -3.47. The number of hydrogen-bond acceptors (Lipinski definition) is 6. The number of hydrogen-bond donors (Lipinski definition) is 0. The van der Waals surface area contributed by atoms with Crippen molar-refractivity contribution in [1.29, 1.82) is 0 Å². The Morgan fingerprint density at radius 2 is 1.92 bits per heavy atom. The Labute approximate surface area is 151 Å². The molecule has 138 valence electrons. The molecule has 3 rings (SSSR count). The average Bonchev–Trinajstić information content (AvgIpc) is 2.56. The van der Waals surface area contributed by atoms with E-state index in [9.17, 15) is 18.0 Å². The Hall–Kier alpha value is -2.61. The SMILES string of the molecule is Cc1cc(OC2CN(C(=O)CCS(=O)(=O)c3ccccc3)C2)cc(=O)o1. The lowest BCUT2D eigenvalue weighted by atomic mass is 10.1. The topological polar surface area (TPSA) is 93.9 Å². The summed E-state index contributed by atoms with van der Waals surface area (Å²) in [6.45, 7) is 2.38. The number of sulfone groups is 1. The molecule has 7 nitrogen and oxygen atoms in total. The number of carbonyl (C=O) groups is 1. The minimum absolute atomic E-state index is 0.0714. The van der Waals surface area contributed by atoms with Gasteiger partial charge in [0.1, 0.15) is 17.6 Å². The highest BCUT2D eigenvalue weighted by Crippen LogP contribution is 2.19. The van der Waals surface area contributed by atoms with Crippen LogP contribution in [0.15, 0.2) is 56.6 Å². The van der Waals surface area contributed by atoms with E-state index < -0.39 is 15.5 Å². The average molecular weight is 377 g/mol. The van der Waals surface area contributed by atoms with Crippen molar-refractivity contribution in [3.8, 4) is 5.75 Å². The molecule has 8 heteroatoms. The molecule has 0 bridgehead atoms. The van der Waals surface area contributed by atoms with Crippen LogP contribution < -0.4 is 10.4 Å². The van der Waals surface area contributed by atoms with Gasteiger partial charge in [-0.05, 0) is 19.1 Å². The molecular formula is C18H19NO6S. The predicted octanol–water partition coefficient (Wildman–Crippen LogP) is 1.40. The molecule has 0 atom stereocenters. The summed E-state index contributed by atoms with van der Waals surface area (Å²) in [6.07, 6.45) is -0.288. The molecule has 1 amide bonds. The van der Waals surface area contributed by atoms with Crippen LogP contribution in [0.25, 0.3) is 0 Å². The molecule has 2 heterocycles. The zero-order valence-corrected chi connectivity index (χ0v) is 15.1. The van der Waals surface area contributed by atoms with Crippen molar-refractivity contribution in [1.82, 2.24) is 4.90 Å². The lowest BCUT2D eigenvalue weighted by Gasteiger charge is -2.39. The summed E-state index contributed by atoms with van der Waals surface area (Å²) in [5.74, 6) is 0.401. The van der Waals surface area contributed by atoms with E-state index >= 15 is 0 Å². The van der Waals surface area contributed by atoms with Gasteiger partial charge in [-0.2, -0.15) is 0 Å². The summed E-state index contributed by atoms with van der Waals surface area (Å²) in [5.41, 5.74) is -0.488. The van der Waals surface area contributed by atoms with E-state index in [1.165, 1.54) is 18.2 Å². The van der Waals surface area contributed by atoms with Gasteiger partial charge < -0.3 is 14.1 Å². The normalized spacial score (nSPS) is 14.7. The van der Waals surface area contributed by atoms with Crippen molar-refractivity contribution in [3.63, 3.8) is 0 Å². The third kappa shape index (κ3) is 4.32. The predicted molar refractivity (Wildman–Crippen MR) is 93.8 cm³/mol. The molecular weight excluding hydrogens is 358 g/mol. The van der Waals surface area contributed by atoms with Crippen molar-refractivity contribution in [2.75, 3.05) is 18.8 Å². The first-order valence-electron chi connectivity index (χ1n) is 8.17. The number of amides is 1. The molecule has 1 saturated heterocycles. The van der Waals surface area contributed by atoms with E-state index in [0.29, 0.717) is 24.6 Å². The molecule has 1 aromatic heterocycles. The van der Waals surface area contributed by atoms with Crippen molar-refractivity contribution in [3.05, 3.63) is 58.6 Å². The van der Waals surface area contributed by atoms with Crippen molar-refractivity contribution < 1.29 is 22.4 Å². The van der Waals surface area contributed by atoms with E-state index in [1.54, 1.807) is 36.1 Å². The van der Waals surface area contributed by atoms with Gasteiger partial charge in [-0.1, -0.05) is 18.2 Å². The summed E-state index contributed by atoms with van der Waals surface area (Å²) in [7, 11) is -3.47. The first-order valence-corrected chi connectivity index (χ1v) is 9.83. The van der Waals surface area contributed by atoms with Crippen LogP contribution in [-0.2, 0) is 14.6 Å². The Morgan fingerprint density at radius 3 is 2.58 bits per heavy atom. The van der Waals surface area contributed by atoms with Gasteiger partial charge in [-0.15, -0.1) is 0 Å². The Morgan fingerprint density at radius 1 is 1.23 bits per heavy atom. The summed E-state index contributed by atoms with van der Waals surface area (Å²) < 4.78 is 34.9. The maximum Gasteiger partial charge on any atom is 0.339 e. The second-order valence-electron chi connectivity index (χ2n) is 6.14. The molecule has 0 aliphatic carbocycles. The van der Waals surface area contributed by atoms with E-state index in [-0.39, 0.29) is 29.1 Å². The summed E-state index contributed by atoms with van der Waals surface area (Å²) >= 11 is 0. The van der Waals surface area contributed by atoms with Gasteiger partial charge in [-0.3, -0.25) is 4.79 Å². The minimum Gasteiger partial charge on any atom is -0.486 e. The summed E-state index contributed by atoms with van der Waals surface area (Å²) in [5, 5.41) is 0. The molecule has 26 heavy (non-hydrogen) atoms. The van der Waals surface area contributed by atoms with Gasteiger partial charge in [0, 0.05) is 12.5 Å². The maximum atomic E-state index is 12.2. The van der Waals surface area contributed by atoms with Crippen LogP contribution in [0.3, 0.4) is 0 Å². The van der Waals surface area contributed by atoms with Crippen molar-refractivity contribution >= 4 is 15.7 Å². The second kappa shape index (κ2) is 7.33. The number of ether oxygens (including phenoxy) is 1. The van der Waals surface area contributed by atoms with Crippen molar-refractivity contribution in [2.24, 2.45) is 0 Å². The van der Waals surface area contributed by atoms with Crippen LogP contribution in [0, 0.1) is 6.92 Å². The number of rotatable bonds is 6. The molecule has 0 saturated carbocycles. The fraction of sp³-hybridized carbons (Fsp3) is 0.333. The number of likely N-dealkylation sites (tertiary alicyclic amines) is 1. The summed E-state index contributed by atoms with van der Waals surface area (Å²) in [4.78, 5) is 25.2. The molecule has 0 unspecified atom stereocenters. The van der Waals surface area contributed by atoms with E-state index in [2.05, 4.69) is 0 Å².